The fourth-order valence-electron chi connectivity index (χ4n) is 5.43. The zero-order valence-corrected chi connectivity index (χ0v) is 24.6. The second-order valence-electron chi connectivity index (χ2n) is 11.5. The lowest BCUT2D eigenvalue weighted by molar-refractivity contribution is 0.000952. The lowest BCUT2D eigenvalue weighted by Crippen LogP contribution is -2.58. The number of aromatic nitrogens is 1. The highest BCUT2D eigenvalue weighted by Crippen LogP contribution is 2.45. The van der Waals surface area contributed by atoms with E-state index in [2.05, 4.69) is 23.8 Å². The van der Waals surface area contributed by atoms with Gasteiger partial charge >= 0.3 is 6.09 Å². The average molecular weight is 577 g/mol. The number of carbonyl (C=O) groups is 2. The van der Waals surface area contributed by atoms with Crippen molar-refractivity contribution in [1.29, 1.82) is 0 Å². The molecule has 11 heteroatoms. The van der Waals surface area contributed by atoms with Crippen LogP contribution < -0.4 is 9.64 Å². The van der Waals surface area contributed by atoms with Gasteiger partial charge in [0.05, 0.1) is 16.8 Å². The number of likely N-dealkylation sites (N-methyl/N-ethyl adjacent to an activating group) is 1. The quantitative estimate of drug-likeness (QED) is 0.515. The van der Waals surface area contributed by atoms with Crippen molar-refractivity contribution >= 4 is 41.0 Å². The number of nitrogens with zero attached hydrogens (tertiary/aromatic N) is 5. The summed E-state index contributed by atoms with van der Waals surface area (Å²) in [5, 5.41) is 0.760. The van der Waals surface area contributed by atoms with E-state index in [1.54, 1.807) is 15.9 Å². The van der Waals surface area contributed by atoms with Crippen LogP contribution in [-0.2, 0) is 4.74 Å². The van der Waals surface area contributed by atoms with Crippen LogP contribution in [0.25, 0.3) is 11.3 Å². The standard InChI is InChI=1S/C28H35Cl2N5O4/c1-17-14-32(5)10-12-34(17)25-21-24(22(30)23(31-25)19-8-6-7-9-20(19)29)38-16-18-15-33(11-13-35(18)26(21)36)27(37)39-28(2,3)4/h6-9,17-18H,10-16H2,1-5H3/t17-,18?/m0/s1. The summed E-state index contributed by atoms with van der Waals surface area (Å²) in [4.78, 5) is 39.9. The molecule has 9 nitrogen and oxygen atoms in total. The molecule has 0 radical (unpaired) electrons. The number of hydrogen-bond acceptors (Lipinski definition) is 7. The first-order valence-corrected chi connectivity index (χ1v) is 14.1. The smallest absolute Gasteiger partial charge is 0.410 e. The number of amides is 2. The number of halogens is 2. The summed E-state index contributed by atoms with van der Waals surface area (Å²) in [5.41, 5.74) is 0.901. The summed E-state index contributed by atoms with van der Waals surface area (Å²) in [6.07, 6.45) is -0.399. The third-order valence-corrected chi connectivity index (χ3v) is 8.02. The second-order valence-corrected chi connectivity index (χ2v) is 12.3. The number of anilines is 1. The van der Waals surface area contributed by atoms with Crippen LogP contribution in [-0.4, -0.2) is 102 Å². The summed E-state index contributed by atoms with van der Waals surface area (Å²) in [6.45, 7) is 11.2. The van der Waals surface area contributed by atoms with Gasteiger partial charge in [0.15, 0.2) is 5.75 Å². The van der Waals surface area contributed by atoms with E-state index in [9.17, 15) is 9.59 Å². The molecule has 5 rings (SSSR count). The van der Waals surface area contributed by atoms with Crippen molar-refractivity contribution < 1.29 is 19.1 Å². The first-order chi connectivity index (χ1) is 18.4. The fraction of sp³-hybridized carbons (Fsp3) is 0.536. The molecule has 0 spiro atoms. The SMILES string of the molecule is C[C@H]1CN(C)CCN1c1nc(-c2ccccc2Cl)c(Cl)c2c1C(=O)N1CCN(C(=O)OC(C)(C)C)CC1CO2. The second kappa shape index (κ2) is 10.7. The number of hydrogen-bond donors (Lipinski definition) is 0. The van der Waals surface area contributed by atoms with Crippen LogP contribution in [0.15, 0.2) is 24.3 Å². The van der Waals surface area contributed by atoms with Crippen LogP contribution in [0, 0.1) is 0 Å². The predicted molar refractivity (Wildman–Crippen MR) is 152 cm³/mol. The molecule has 1 aromatic heterocycles. The minimum Gasteiger partial charge on any atom is -0.489 e. The van der Waals surface area contributed by atoms with E-state index in [1.165, 1.54) is 0 Å². The molecule has 39 heavy (non-hydrogen) atoms. The summed E-state index contributed by atoms with van der Waals surface area (Å²) < 4.78 is 11.9. The Bertz CT molecular complexity index is 1280. The van der Waals surface area contributed by atoms with Crippen LogP contribution in [0.3, 0.4) is 0 Å². The molecule has 0 saturated carbocycles. The van der Waals surface area contributed by atoms with Crippen molar-refractivity contribution in [1.82, 2.24) is 19.7 Å². The Morgan fingerprint density at radius 1 is 1.08 bits per heavy atom. The molecule has 3 aliphatic heterocycles. The molecule has 2 fully saturated rings. The number of fused-ring (bicyclic) bond motifs is 2. The summed E-state index contributed by atoms with van der Waals surface area (Å²) in [7, 11) is 2.09. The zero-order valence-electron chi connectivity index (χ0n) is 23.0. The van der Waals surface area contributed by atoms with E-state index >= 15 is 0 Å². The van der Waals surface area contributed by atoms with Crippen LogP contribution in [0.5, 0.6) is 5.75 Å². The van der Waals surface area contributed by atoms with E-state index in [4.69, 9.17) is 37.7 Å². The lowest BCUT2D eigenvalue weighted by Gasteiger charge is -2.41. The lowest BCUT2D eigenvalue weighted by atomic mass is 10.0. The van der Waals surface area contributed by atoms with E-state index in [-0.39, 0.29) is 29.6 Å². The Balaban J connectivity index is 1.57. The van der Waals surface area contributed by atoms with Gasteiger partial charge in [-0.25, -0.2) is 9.78 Å². The van der Waals surface area contributed by atoms with E-state index < -0.39 is 11.7 Å². The highest BCUT2D eigenvalue weighted by Gasteiger charge is 2.42. The Morgan fingerprint density at radius 2 is 1.79 bits per heavy atom. The maximum absolute atomic E-state index is 14.2. The van der Waals surface area contributed by atoms with Crippen molar-refractivity contribution in [3.05, 3.63) is 39.9 Å². The van der Waals surface area contributed by atoms with Crippen LogP contribution in [0.2, 0.25) is 10.0 Å². The van der Waals surface area contributed by atoms with Gasteiger partial charge in [0, 0.05) is 50.9 Å². The maximum atomic E-state index is 14.2. The number of pyridine rings is 1. The van der Waals surface area contributed by atoms with Crippen LogP contribution in [0.1, 0.15) is 38.1 Å². The molecular weight excluding hydrogens is 541 g/mol. The zero-order chi connectivity index (χ0) is 28.1. The van der Waals surface area contributed by atoms with Gasteiger partial charge in [-0.1, -0.05) is 41.4 Å². The third kappa shape index (κ3) is 5.49. The van der Waals surface area contributed by atoms with Crippen molar-refractivity contribution in [2.45, 2.75) is 45.4 Å². The molecule has 2 saturated heterocycles. The predicted octanol–water partition coefficient (Wildman–Crippen LogP) is 4.65. The molecule has 0 N–H and O–H groups in total. The summed E-state index contributed by atoms with van der Waals surface area (Å²) >= 11 is 13.5. The van der Waals surface area contributed by atoms with E-state index in [0.717, 1.165) is 13.1 Å². The molecule has 2 atom stereocenters. The van der Waals surface area contributed by atoms with Gasteiger partial charge in [0.1, 0.15) is 28.6 Å². The highest BCUT2D eigenvalue weighted by atomic mass is 35.5. The van der Waals surface area contributed by atoms with Crippen molar-refractivity contribution in [3.63, 3.8) is 0 Å². The fourth-order valence-corrected chi connectivity index (χ4v) is 5.95. The Hall–Kier alpha value is -2.75. The monoisotopic (exact) mass is 575 g/mol. The average Bonchev–Trinajstić information content (AvgIpc) is 3.01. The van der Waals surface area contributed by atoms with Crippen LogP contribution >= 0.6 is 23.2 Å². The summed E-state index contributed by atoms with van der Waals surface area (Å²) in [5.74, 6) is 0.661. The molecule has 210 valence electrons. The van der Waals surface area contributed by atoms with Crippen molar-refractivity contribution in [3.8, 4) is 17.0 Å². The number of rotatable bonds is 2. The van der Waals surface area contributed by atoms with Crippen LogP contribution in [0.4, 0.5) is 10.6 Å². The molecule has 1 aromatic carbocycles. The van der Waals surface area contributed by atoms with Crippen molar-refractivity contribution in [2.24, 2.45) is 0 Å². The minimum atomic E-state index is -0.608. The minimum absolute atomic E-state index is 0.108. The topological polar surface area (TPSA) is 78.5 Å². The van der Waals surface area contributed by atoms with Gasteiger partial charge in [-0.2, -0.15) is 0 Å². The van der Waals surface area contributed by atoms with Gasteiger partial charge in [0.25, 0.3) is 5.91 Å². The first kappa shape index (κ1) is 27.8. The summed E-state index contributed by atoms with van der Waals surface area (Å²) in [6, 6.07) is 7.12. The first-order valence-electron chi connectivity index (χ1n) is 13.3. The molecule has 4 heterocycles. The van der Waals surface area contributed by atoms with Gasteiger partial charge < -0.3 is 29.1 Å². The molecule has 1 unspecified atom stereocenters. The molecule has 2 amide bonds. The normalized spacial score (nSPS) is 22.1. The van der Waals surface area contributed by atoms with Gasteiger partial charge in [-0.3, -0.25) is 4.79 Å². The van der Waals surface area contributed by atoms with Gasteiger partial charge in [-0.15, -0.1) is 0 Å². The largest absolute Gasteiger partial charge is 0.489 e. The Labute approximate surface area is 239 Å². The van der Waals surface area contributed by atoms with E-state index in [0.29, 0.717) is 59.6 Å². The van der Waals surface area contributed by atoms with Gasteiger partial charge in [0.2, 0.25) is 0 Å². The van der Waals surface area contributed by atoms with Gasteiger partial charge in [-0.05, 0) is 40.8 Å². The number of carbonyl (C=O) groups excluding carboxylic acids is 2. The maximum Gasteiger partial charge on any atom is 0.410 e. The van der Waals surface area contributed by atoms with Crippen molar-refractivity contribution in [2.75, 3.05) is 57.8 Å². The molecule has 3 aliphatic rings. The third-order valence-electron chi connectivity index (χ3n) is 7.34. The number of ether oxygens (including phenoxy) is 2. The van der Waals surface area contributed by atoms with E-state index in [1.807, 2.05) is 39.0 Å². The highest BCUT2D eigenvalue weighted by molar-refractivity contribution is 6.37. The number of benzene rings is 1. The molecule has 0 bridgehead atoms. The molecule has 0 aliphatic carbocycles. The molecular formula is C28H35Cl2N5O4. The molecule has 2 aromatic rings. The number of piperazine rings is 2. The Morgan fingerprint density at radius 3 is 2.49 bits per heavy atom. The Kier molecular flexibility index (Phi) is 7.61.